The van der Waals surface area contributed by atoms with Crippen molar-refractivity contribution < 1.29 is 9.59 Å². The molecular formula is C15H29N3O2. The molecule has 0 aromatic carbocycles. The van der Waals surface area contributed by atoms with E-state index in [-0.39, 0.29) is 23.9 Å². The Balaban J connectivity index is 2.56. The topological polar surface area (TPSA) is 75.4 Å². The summed E-state index contributed by atoms with van der Waals surface area (Å²) in [5, 5.41) is 3.03. The number of carbonyl (C=O) groups excluding carboxylic acids is 2. The molecule has 0 unspecified atom stereocenters. The first-order chi connectivity index (χ1) is 9.56. The van der Waals surface area contributed by atoms with Gasteiger partial charge >= 0.3 is 0 Å². The Kier molecular flexibility index (Phi) is 6.99. The smallest absolute Gasteiger partial charge is 0.240 e. The predicted molar refractivity (Wildman–Crippen MR) is 80.2 cm³/mol. The van der Waals surface area contributed by atoms with Crippen molar-refractivity contribution in [1.82, 2.24) is 10.2 Å². The Hall–Kier alpha value is -1.10. The number of hydrogen-bond acceptors (Lipinski definition) is 3. The summed E-state index contributed by atoms with van der Waals surface area (Å²) in [7, 11) is 0. The van der Waals surface area contributed by atoms with Gasteiger partial charge in [-0.05, 0) is 25.7 Å². The van der Waals surface area contributed by atoms with Crippen molar-refractivity contribution in [2.45, 2.75) is 64.3 Å². The molecule has 5 heteroatoms. The number of likely N-dealkylation sites (tertiary alicyclic amines) is 1. The maximum atomic E-state index is 12.2. The molecule has 0 atom stereocenters. The Bertz CT molecular complexity index is 319. The zero-order valence-electron chi connectivity index (χ0n) is 12.9. The monoisotopic (exact) mass is 283 g/mol. The fourth-order valence-electron chi connectivity index (χ4n) is 2.66. The molecule has 0 bridgehead atoms. The highest BCUT2D eigenvalue weighted by Crippen LogP contribution is 2.14. The second-order valence-corrected chi connectivity index (χ2v) is 5.72. The maximum Gasteiger partial charge on any atom is 0.240 e. The largest absolute Gasteiger partial charge is 0.348 e. The van der Waals surface area contributed by atoms with Crippen LogP contribution in [0.25, 0.3) is 0 Å². The van der Waals surface area contributed by atoms with Crippen LogP contribution in [0.3, 0.4) is 0 Å². The van der Waals surface area contributed by atoms with E-state index in [0.717, 1.165) is 38.5 Å². The van der Waals surface area contributed by atoms with Crippen molar-refractivity contribution in [2.24, 2.45) is 5.73 Å². The first-order valence-corrected chi connectivity index (χ1v) is 7.85. The van der Waals surface area contributed by atoms with E-state index in [2.05, 4.69) is 5.32 Å². The van der Waals surface area contributed by atoms with Crippen molar-refractivity contribution >= 4 is 11.8 Å². The quantitative estimate of drug-likeness (QED) is 0.774. The lowest BCUT2D eigenvalue weighted by Crippen LogP contribution is -2.55. The van der Waals surface area contributed by atoms with Crippen LogP contribution in [0.4, 0.5) is 0 Å². The van der Waals surface area contributed by atoms with E-state index < -0.39 is 0 Å². The lowest BCUT2D eigenvalue weighted by atomic mass is 9.93. The van der Waals surface area contributed by atoms with Gasteiger partial charge in [0, 0.05) is 19.5 Å². The van der Waals surface area contributed by atoms with E-state index in [9.17, 15) is 9.59 Å². The third-order valence-electron chi connectivity index (χ3n) is 4.40. The summed E-state index contributed by atoms with van der Waals surface area (Å²) in [6.07, 6.45) is 6.36. The highest BCUT2D eigenvalue weighted by molar-refractivity contribution is 5.85. The van der Waals surface area contributed by atoms with E-state index in [1.54, 1.807) is 4.90 Å². The first-order valence-electron chi connectivity index (χ1n) is 7.85. The van der Waals surface area contributed by atoms with Crippen molar-refractivity contribution in [3.63, 3.8) is 0 Å². The van der Waals surface area contributed by atoms with Gasteiger partial charge in [-0.2, -0.15) is 0 Å². The average Bonchev–Trinajstić information content (AvgIpc) is 2.45. The normalized spacial score (nSPS) is 17.6. The molecule has 0 radical (unpaired) electrons. The van der Waals surface area contributed by atoms with Gasteiger partial charge in [0.05, 0.1) is 12.1 Å². The summed E-state index contributed by atoms with van der Waals surface area (Å²) < 4.78 is 0. The van der Waals surface area contributed by atoms with E-state index in [4.69, 9.17) is 5.73 Å². The number of hydrogen-bond donors (Lipinski definition) is 2. The van der Waals surface area contributed by atoms with Gasteiger partial charge in [-0.25, -0.2) is 0 Å². The van der Waals surface area contributed by atoms with Gasteiger partial charge in [0.1, 0.15) is 0 Å². The molecule has 0 aromatic rings. The number of nitrogens with two attached hydrogens (primary N) is 1. The lowest BCUT2D eigenvalue weighted by molar-refractivity contribution is -0.137. The molecule has 0 saturated carbocycles. The molecule has 20 heavy (non-hydrogen) atoms. The summed E-state index contributed by atoms with van der Waals surface area (Å²) in [6.45, 7) is 5.34. The molecule has 1 fully saturated rings. The van der Waals surface area contributed by atoms with Crippen LogP contribution < -0.4 is 11.1 Å². The van der Waals surface area contributed by atoms with E-state index in [1.165, 1.54) is 0 Å². The number of nitrogens with zero attached hydrogens (tertiary/aromatic N) is 1. The number of carbonyl (C=O) groups is 2. The van der Waals surface area contributed by atoms with E-state index >= 15 is 0 Å². The van der Waals surface area contributed by atoms with Crippen molar-refractivity contribution in [3.05, 3.63) is 0 Å². The van der Waals surface area contributed by atoms with Gasteiger partial charge in [-0.3, -0.25) is 9.59 Å². The maximum absolute atomic E-state index is 12.2. The van der Waals surface area contributed by atoms with Crippen molar-refractivity contribution in [3.8, 4) is 0 Å². The molecule has 0 aliphatic carbocycles. The highest BCUT2D eigenvalue weighted by Gasteiger charge is 2.27. The molecule has 2 amide bonds. The standard InChI is InChI=1S/C15H29N3O2/c1-3-15(4-2,12-16)17-13(19)11-18-10-8-6-5-7-9-14(18)20/h3-12,16H2,1-2H3,(H,17,19). The molecule has 3 N–H and O–H groups in total. The highest BCUT2D eigenvalue weighted by atomic mass is 16.2. The van der Waals surface area contributed by atoms with Gasteiger partial charge in [-0.1, -0.05) is 26.7 Å². The Morgan fingerprint density at radius 3 is 2.50 bits per heavy atom. The number of rotatable bonds is 6. The first kappa shape index (κ1) is 17.0. The molecule has 0 spiro atoms. The molecular weight excluding hydrogens is 254 g/mol. The fourth-order valence-corrected chi connectivity index (χ4v) is 2.66. The second kappa shape index (κ2) is 8.25. The van der Waals surface area contributed by atoms with Crippen molar-refractivity contribution in [1.29, 1.82) is 0 Å². The van der Waals surface area contributed by atoms with Gasteiger partial charge < -0.3 is 16.0 Å². The minimum absolute atomic E-state index is 0.0897. The molecule has 1 aliphatic rings. The molecule has 1 saturated heterocycles. The molecule has 1 rings (SSSR count). The second-order valence-electron chi connectivity index (χ2n) is 5.72. The van der Waals surface area contributed by atoms with Crippen LogP contribution in [0.15, 0.2) is 0 Å². The SMILES string of the molecule is CCC(CC)(CN)NC(=O)CN1CCCCCCC1=O. The zero-order valence-corrected chi connectivity index (χ0v) is 12.9. The molecule has 5 nitrogen and oxygen atoms in total. The van der Waals surface area contributed by atoms with Crippen LogP contribution in [0.2, 0.25) is 0 Å². The van der Waals surface area contributed by atoms with E-state index in [0.29, 0.717) is 19.5 Å². The van der Waals surface area contributed by atoms with Crippen molar-refractivity contribution in [2.75, 3.05) is 19.6 Å². The molecule has 0 aromatic heterocycles. The van der Waals surface area contributed by atoms with Crippen LogP contribution in [0.1, 0.15) is 58.8 Å². The Morgan fingerprint density at radius 1 is 1.25 bits per heavy atom. The van der Waals surface area contributed by atoms with Gasteiger partial charge in [0.25, 0.3) is 0 Å². The third-order valence-corrected chi connectivity index (χ3v) is 4.40. The Labute approximate surface area is 122 Å². The van der Waals surface area contributed by atoms with E-state index in [1.807, 2.05) is 13.8 Å². The summed E-state index contributed by atoms with van der Waals surface area (Å²) in [6, 6.07) is 0. The van der Waals surface area contributed by atoms with Crippen LogP contribution in [0.5, 0.6) is 0 Å². The zero-order chi connectivity index (χ0) is 15.0. The average molecular weight is 283 g/mol. The number of nitrogens with one attached hydrogen (secondary N) is 1. The Morgan fingerprint density at radius 2 is 1.90 bits per heavy atom. The summed E-state index contributed by atoms with van der Waals surface area (Å²) in [4.78, 5) is 25.9. The number of amides is 2. The molecule has 1 heterocycles. The van der Waals surface area contributed by atoms with Crippen LogP contribution in [-0.4, -0.2) is 41.9 Å². The summed E-state index contributed by atoms with van der Waals surface area (Å²) >= 11 is 0. The third kappa shape index (κ3) is 4.78. The van der Waals surface area contributed by atoms with Crippen LogP contribution in [-0.2, 0) is 9.59 Å². The summed E-state index contributed by atoms with van der Waals surface area (Å²) in [5.74, 6) is 0.0132. The summed E-state index contributed by atoms with van der Waals surface area (Å²) in [5.41, 5.74) is 5.46. The predicted octanol–water partition coefficient (Wildman–Crippen LogP) is 1.41. The molecule has 116 valence electrons. The molecule has 1 aliphatic heterocycles. The minimum Gasteiger partial charge on any atom is -0.348 e. The van der Waals surface area contributed by atoms with Gasteiger partial charge in [0.15, 0.2) is 0 Å². The van der Waals surface area contributed by atoms with Crippen LogP contribution >= 0.6 is 0 Å². The van der Waals surface area contributed by atoms with Gasteiger partial charge in [-0.15, -0.1) is 0 Å². The minimum atomic E-state index is -0.330. The van der Waals surface area contributed by atoms with Gasteiger partial charge in [0.2, 0.25) is 11.8 Å². The van der Waals surface area contributed by atoms with Crippen LogP contribution in [0, 0.1) is 0 Å². The fraction of sp³-hybridized carbons (Fsp3) is 0.867. The lowest BCUT2D eigenvalue weighted by Gasteiger charge is -2.33.